The van der Waals surface area contributed by atoms with Crippen molar-refractivity contribution in [2.45, 2.75) is 6.92 Å². The molecule has 2 rings (SSSR count). The molecule has 0 bridgehead atoms. The van der Waals surface area contributed by atoms with Crippen LogP contribution in [0.3, 0.4) is 0 Å². The van der Waals surface area contributed by atoms with Crippen LogP contribution in [0.2, 0.25) is 0 Å². The molecule has 0 atom stereocenters. The molecule has 8 heteroatoms. The van der Waals surface area contributed by atoms with Crippen molar-refractivity contribution >= 4 is 57.4 Å². The normalized spacial score (nSPS) is 9.96. The van der Waals surface area contributed by atoms with Crippen molar-refractivity contribution in [3.63, 3.8) is 0 Å². The highest BCUT2D eigenvalue weighted by Crippen LogP contribution is 2.21. The molecule has 0 fully saturated rings. The van der Waals surface area contributed by atoms with Crippen LogP contribution in [-0.2, 0) is 0 Å². The van der Waals surface area contributed by atoms with E-state index >= 15 is 0 Å². The second-order valence-corrected chi connectivity index (χ2v) is 6.76. The number of ether oxygens (including phenoxy) is 1. The number of thiocarbonyl (C=S) groups is 1. The molecule has 0 saturated heterocycles. The largest absolute Gasteiger partial charge is 0.496 e. The van der Waals surface area contributed by atoms with Gasteiger partial charge in [0.1, 0.15) is 5.75 Å². The Labute approximate surface area is 170 Å². The van der Waals surface area contributed by atoms with Crippen molar-refractivity contribution in [3.05, 3.63) is 57.2 Å². The van der Waals surface area contributed by atoms with E-state index in [9.17, 15) is 9.59 Å². The first-order chi connectivity index (χ1) is 12.4. The second-order valence-electron chi connectivity index (χ2n) is 5.19. The lowest BCUT2D eigenvalue weighted by Crippen LogP contribution is -2.34. The second kappa shape index (κ2) is 9.48. The molecule has 0 aliphatic rings. The van der Waals surface area contributed by atoms with Gasteiger partial charge in [-0.15, -0.1) is 0 Å². The van der Waals surface area contributed by atoms with Crippen LogP contribution in [0.5, 0.6) is 5.75 Å². The van der Waals surface area contributed by atoms with Gasteiger partial charge in [0, 0.05) is 23.4 Å². The van der Waals surface area contributed by atoms with Gasteiger partial charge < -0.3 is 15.4 Å². The highest BCUT2D eigenvalue weighted by Gasteiger charge is 2.11. The Balaban J connectivity index is 1.96. The molecule has 136 valence electrons. The number of rotatable bonds is 5. The van der Waals surface area contributed by atoms with Crippen molar-refractivity contribution in [2.24, 2.45) is 0 Å². The van der Waals surface area contributed by atoms with E-state index in [1.165, 1.54) is 0 Å². The van der Waals surface area contributed by atoms with Crippen LogP contribution < -0.4 is 20.7 Å². The van der Waals surface area contributed by atoms with Gasteiger partial charge in [0.2, 0.25) is 0 Å². The lowest BCUT2D eigenvalue weighted by atomic mass is 10.2. The van der Waals surface area contributed by atoms with Crippen LogP contribution in [-0.4, -0.2) is 30.6 Å². The minimum atomic E-state index is -0.318. The van der Waals surface area contributed by atoms with Gasteiger partial charge in [-0.1, -0.05) is 0 Å². The molecule has 0 unspecified atom stereocenters. The van der Waals surface area contributed by atoms with E-state index in [1.807, 2.05) is 6.92 Å². The van der Waals surface area contributed by atoms with Gasteiger partial charge in [0.15, 0.2) is 5.11 Å². The maximum Gasteiger partial charge on any atom is 0.257 e. The number of nitrogens with one attached hydrogen (secondary N) is 3. The summed E-state index contributed by atoms with van der Waals surface area (Å²) in [6.45, 7) is 2.43. The SMILES string of the molecule is CCNC(=O)c1ccc(NC(=S)NC(=O)c2ccc(OC)c(I)c2)cc1. The van der Waals surface area contributed by atoms with Crippen molar-refractivity contribution < 1.29 is 14.3 Å². The monoisotopic (exact) mass is 483 g/mol. The predicted molar refractivity (Wildman–Crippen MR) is 114 cm³/mol. The number of carbonyl (C=O) groups is 2. The molecule has 2 aromatic carbocycles. The van der Waals surface area contributed by atoms with Gasteiger partial charge in [-0.25, -0.2) is 0 Å². The van der Waals surface area contributed by atoms with Gasteiger partial charge in [-0.3, -0.25) is 14.9 Å². The van der Waals surface area contributed by atoms with Crippen molar-refractivity contribution in [2.75, 3.05) is 19.0 Å². The zero-order chi connectivity index (χ0) is 19.1. The number of hydrogen-bond donors (Lipinski definition) is 3. The Hall–Kier alpha value is -2.20. The van der Waals surface area contributed by atoms with E-state index in [1.54, 1.807) is 49.6 Å². The summed E-state index contributed by atoms with van der Waals surface area (Å²) in [5.41, 5.74) is 1.71. The molecule has 26 heavy (non-hydrogen) atoms. The summed E-state index contributed by atoms with van der Waals surface area (Å²) in [5, 5.41) is 8.44. The Kier molecular flexibility index (Phi) is 7.34. The Bertz CT molecular complexity index is 825. The van der Waals surface area contributed by atoms with Crippen molar-refractivity contribution in [1.29, 1.82) is 0 Å². The molecule has 2 aromatic rings. The van der Waals surface area contributed by atoms with Crippen molar-refractivity contribution in [3.8, 4) is 5.75 Å². The van der Waals surface area contributed by atoms with Crippen LogP contribution in [0.1, 0.15) is 27.6 Å². The molecule has 3 N–H and O–H groups in total. The molecule has 2 amide bonds. The third kappa shape index (κ3) is 5.40. The number of anilines is 1. The first-order valence-electron chi connectivity index (χ1n) is 7.78. The van der Waals surface area contributed by atoms with E-state index in [0.717, 1.165) is 3.57 Å². The Morgan fingerprint density at radius 2 is 1.73 bits per heavy atom. The van der Waals surface area contributed by atoms with E-state index in [2.05, 4.69) is 38.5 Å². The number of amides is 2. The number of hydrogen-bond acceptors (Lipinski definition) is 4. The highest BCUT2D eigenvalue weighted by atomic mass is 127. The van der Waals surface area contributed by atoms with Crippen LogP contribution in [0.4, 0.5) is 5.69 Å². The minimum Gasteiger partial charge on any atom is -0.496 e. The molecule has 0 saturated carbocycles. The van der Waals surface area contributed by atoms with Crippen LogP contribution in [0, 0.1) is 3.57 Å². The number of halogens is 1. The Morgan fingerprint density at radius 3 is 2.31 bits per heavy atom. The maximum absolute atomic E-state index is 12.3. The van der Waals surface area contributed by atoms with Gasteiger partial charge in [0.05, 0.1) is 10.7 Å². The smallest absolute Gasteiger partial charge is 0.257 e. The van der Waals surface area contributed by atoms with E-state index in [-0.39, 0.29) is 16.9 Å². The fourth-order valence-corrected chi connectivity index (χ4v) is 3.06. The molecule has 0 spiro atoms. The zero-order valence-electron chi connectivity index (χ0n) is 14.3. The predicted octanol–water partition coefficient (Wildman–Crippen LogP) is 3.18. The van der Waals surface area contributed by atoms with Crippen molar-refractivity contribution in [1.82, 2.24) is 10.6 Å². The average molecular weight is 483 g/mol. The van der Waals surface area contributed by atoms with Crippen LogP contribution >= 0.6 is 34.8 Å². The molecular formula is C18H18IN3O3S. The maximum atomic E-state index is 12.3. The summed E-state index contributed by atoms with van der Waals surface area (Å²) >= 11 is 7.27. The summed E-state index contributed by atoms with van der Waals surface area (Å²) in [6.07, 6.45) is 0. The zero-order valence-corrected chi connectivity index (χ0v) is 17.2. The van der Waals surface area contributed by atoms with Crippen LogP contribution in [0.25, 0.3) is 0 Å². The lowest BCUT2D eigenvalue weighted by Gasteiger charge is -2.11. The van der Waals surface area contributed by atoms with E-state index in [4.69, 9.17) is 17.0 Å². The summed E-state index contributed by atoms with van der Waals surface area (Å²) < 4.78 is 6.01. The lowest BCUT2D eigenvalue weighted by molar-refractivity contribution is 0.0953. The first kappa shape index (κ1) is 20.1. The Morgan fingerprint density at radius 1 is 1.08 bits per heavy atom. The van der Waals surface area contributed by atoms with E-state index < -0.39 is 0 Å². The summed E-state index contributed by atoms with van der Waals surface area (Å²) in [4.78, 5) is 24.0. The quantitative estimate of drug-likeness (QED) is 0.450. The molecule has 0 aromatic heterocycles. The number of benzene rings is 2. The number of methoxy groups -OCH3 is 1. The third-order valence-corrected chi connectivity index (χ3v) is 4.43. The molecule has 0 heterocycles. The average Bonchev–Trinajstić information content (AvgIpc) is 2.62. The first-order valence-corrected chi connectivity index (χ1v) is 9.27. The number of carbonyl (C=O) groups excluding carboxylic acids is 2. The molecule has 0 radical (unpaired) electrons. The summed E-state index contributed by atoms with van der Waals surface area (Å²) in [6, 6.07) is 11.9. The fourth-order valence-electron chi connectivity index (χ4n) is 2.11. The molecule has 6 nitrogen and oxygen atoms in total. The third-order valence-electron chi connectivity index (χ3n) is 3.38. The molecule has 0 aliphatic heterocycles. The standard InChI is InChI=1S/C18H18IN3O3S/c1-3-20-16(23)11-4-7-13(8-5-11)21-18(26)22-17(24)12-6-9-15(25-2)14(19)10-12/h4-10H,3H2,1-2H3,(H,20,23)(H2,21,22,24,26). The fraction of sp³-hybridized carbons (Fsp3) is 0.167. The topological polar surface area (TPSA) is 79.5 Å². The molecule has 0 aliphatic carbocycles. The van der Waals surface area contributed by atoms with Crippen LogP contribution in [0.15, 0.2) is 42.5 Å². The highest BCUT2D eigenvalue weighted by molar-refractivity contribution is 14.1. The van der Waals surface area contributed by atoms with Gasteiger partial charge in [0.25, 0.3) is 11.8 Å². The molecular weight excluding hydrogens is 465 g/mol. The summed E-state index contributed by atoms with van der Waals surface area (Å²) in [7, 11) is 1.58. The minimum absolute atomic E-state index is 0.135. The van der Waals surface area contributed by atoms with Gasteiger partial charge in [-0.2, -0.15) is 0 Å². The van der Waals surface area contributed by atoms with Gasteiger partial charge >= 0.3 is 0 Å². The van der Waals surface area contributed by atoms with Gasteiger partial charge in [-0.05, 0) is 84.2 Å². The summed E-state index contributed by atoms with van der Waals surface area (Å²) in [5.74, 6) is 0.251. The van der Waals surface area contributed by atoms with E-state index in [0.29, 0.717) is 29.1 Å².